The third kappa shape index (κ3) is 4.21. The first-order valence-corrected chi connectivity index (χ1v) is 8.82. The van der Waals surface area contributed by atoms with Crippen molar-refractivity contribution in [3.05, 3.63) is 89.9 Å². The summed E-state index contributed by atoms with van der Waals surface area (Å²) in [6, 6.07) is 15.4. The molecule has 4 heterocycles. The molecule has 0 aromatic carbocycles. The second-order valence-electron chi connectivity index (χ2n) is 7.00. The number of pyridine rings is 3. The fraction of sp³-hybridized carbons (Fsp3) is 0.136. The van der Waals surface area contributed by atoms with Gasteiger partial charge in [0.1, 0.15) is 11.9 Å². The fourth-order valence-corrected chi connectivity index (χ4v) is 3.01. The maximum Gasteiger partial charge on any atom is 2.00 e. The van der Waals surface area contributed by atoms with E-state index in [0.29, 0.717) is 22.8 Å². The molecule has 30 heavy (non-hydrogen) atoms. The predicted octanol–water partition coefficient (Wildman–Crippen LogP) is 4.70. The Hall–Kier alpha value is -2.79. The van der Waals surface area contributed by atoms with Gasteiger partial charge in [0.05, 0.1) is 11.5 Å². The summed E-state index contributed by atoms with van der Waals surface area (Å²) in [7, 11) is 0. The molecule has 4 aromatic heterocycles. The van der Waals surface area contributed by atoms with Crippen LogP contribution in [0.25, 0.3) is 22.6 Å². The summed E-state index contributed by atoms with van der Waals surface area (Å²) >= 11 is 0. The molecule has 4 aromatic rings. The van der Waals surface area contributed by atoms with Crippen molar-refractivity contribution in [3.63, 3.8) is 0 Å². The first-order valence-electron chi connectivity index (χ1n) is 8.82. The van der Waals surface area contributed by atoms with E-state index >= 15 is 0 Å². The molecule has 0 bridgehead atoms. The molecular weight excluding hydrogens is 572 g/mol. The number of aromatic nitrogens is 4. The van der Waals surface area contributed by atoms with Crippen molar-refractivity contribution in [1.82, 2.24) is 19.9 Å². The molecule has 0 atom stereocenters. The molecule has 0 unspecified atom stereocenters. The SMILES string of the molecule is CC(C)(c1cccc(-c2cc(F)c[n-]2)n1)c1cccc(-c2[c-]cc(F)nc2F)n1.[Pt+2]. The van der Waals surface area contributed by atoms with E-state index in [1.54, 1.807) is 24.3 Å². The zero-order valence-electron chi connectivity index (χ0n) is 15.9. The molecule has 0 aliphatic rings. The minimum absolute atomic E-state index is 0. The Labute approximate surface area is 185 Å². The molecule has 0 saturated heterocycles. The van der Waals surface area contributed by atoms with E-state index < -0.39 is 23.1 Å². The van der Waals surface area contributed by atoms with Gasteiger partial charge in [-0.05, 0) is 43.8 Å². The largest absolute Gasteiger partial charge is 2.00 e. The molecule has 0 spiro atoms. The molecule has 8 heteroatoms. The van der Waals surface area contributed by atoms with Crippen LogP contribution in [0, 0.1) is 23.8 Å². The Bertz CT molecular complexity index is 1190. The Morgan fingerprint density at radius 1 is 0.900 bits per heavy atom. The molecule has 0 fully saturated rings. The van der Waals surface area contributed by atoms with E-state index in [9.17, 15) is 13.2 Å². The summed E-state index contributed by atoms with van der Waals surface area (Å²) in [5.41, 5.74) is 1.91. The smallest absolute Gasteiger partial charge is 0.660 e. The molecule has 0 aliphatic heterocycles. The maximum absolute atomic E-state index is 14.1. The van der Waals surface area contributed by atoms with E-state index in [0.717, 1.165) is 12.3 Å². The summed E-state index contributed by atoms with van der Waals surface area (Å²) in [6.07, 6.45) is 1.14. The topological polar surface area (TPSA) is 52.8 Å². The van der Waals surface area contributed by atoms with Crippen LogP contribution in [-0.2, 0) is 26.5 Å². The summed E-state index contributed by atoms with van der Waals surface area (Å²) in [5, 5.41) is 0. The van der Waals surface area contributed by atoms with Crippen molar-refractivity contribution < 1.29 is 34.2 Å². The van der Waals surface area contributed by atoms with Gasteiger partial charge in [0, 0.05) is 16.8 Å². The Kier molecular flexibility index (Phi) is 6.22. The van der Waals surface area contributed by atoms with Crippen molar-refractivity contribution in [3.8, 4) is 22.6 Å². The quantitative estimate of drug-likeness (QED) is 0.257. The van der Waals surface area contributed by atoms with Crippen molar-refractivity contribution in [2.45, 2.75) is 19.3 Å². The van der Waals surface area contributed by atoms with Crippen molar-refractivity contribution in [2.75, 3.05) is 0 Å². The molecule has 0 saturated carbocycles. The van der Waals surface area contributed by atoms with E-state index in [1.807, 2.05) is 26.0 Å². The first-order chi connectivity index (χ1) is 13.8. The van der Waals surface area contributed by atoms with Gasteiger partial charge in [-0.15, -0.1) is 18.0 Å². The Balaban J connectivity index is 0.00000256. The summed E-state index contributed by atoms with van der Waals surface area (Å²) in [5.74, 6) is -2.34. The summed E-state index contributed by atoms with van der Waals surface area (Å²) in [6.45, 7) is 3.85. The van der Waals surface area contributed by atoms with Gasteiger partial charge in [-0.1, -0.05) is 29.8 Å². The van der Waals surface area contributed by atoms with Gasteiger partial charge >= 0.3 is 21.1 Å². The average Bonchev–Trinajstić information content (AvgIpc) is 3.14. The predicted molar refractivity (Wildman–Crippen MR) is 101 cm³/mol. The number of nitrogens with zero attached hydrogens (tertiary/aromatic N) is 4. The molecular formula is C22H15F3N4Pt. The van der Waals surface area contributed by atoms with Gasteiger partial charge in [-0.3, -0.25) is 9.97 Å². The fourth-order valence-electron chi connectivity index (χ4n) is 3.01. The van der Waals surface area contributed by atoms with Crippen LogP contribution in [-0.4, -0.2) is 15.0 Å². The second-order valence-corrected chi connectivity index (χ2v) is 7.00. The number of hydrogen-bond acceptors (Lipinski definition) is 3. The monoisotopic (exact) mass is 587 g/mol. The van der Waals surface area contributed by atoms with E-state index in [2.05, 4.69) is 26.0 Å². The van der Waals surface area contributed by atoms with Crippen LogP contribution in [0.15, 0.2) is 54.7 Å². The minimum atomic E-state index is -0.975. The van der Waals surface area contributed by atoms with Crippen LogP contribution in [0.2, 0.25) is 0 Å². The molecule has 4 rings (SSSR count). The third-order valence-corrected chi connectivity index (χ3v) is 4.65. The zero-order valence-corrected chi connectivity index (χ0v) is 18.2. The summed E-state index contributed by atoms with van der Waals surface area (Å²) in [4.78, 5) is 16.4. The molecule has 154 valence electrons. The van der Waals surface area contributed by atoms with E-state index in [1.165, 1.54) is 6.07 Å². The van der Waals surface area contributed by atoms with Crippen LogP contribution in [0.3, 0.4) is 0 Å². The zero-order chi connectivity index (χ0) is 20.6. The maximum atomic E-state index is 14.1. The van der Waals surface area contributed by atoms with Gasteiger partial charge in [-0.2, -0.15) is 0 Å². The van der Waals surface area contributed by atoms with Crippen LogP contribution >= 0.6 is 0 Å². The summed E-state index contributed by atoms with van der Waals surface area (Å²) < 4.78 is 40.5. The minimum Gasteiger partial charge on any atom is -0.660 e. The van der Waals surface area contributed by atoms with Crippen molar-refractivity contribution in [2.24, 2.45) is 0 Å². The van der Waals surface area contributed by atoms with E-state index in [-0.39, 0.29) is 32.3 Å². The third-order valence-electron chi connectivity index (χ3n) is 4.65. The van der Waals surface area contributed by atoms with Gasteiger partial charge in [0.15, 0.2) is 0 Å². The van der Waals surface area contributed by atoms with E-state index in [4.69, 9.17) is 0 Å². The average molecular weight is 587 g/mol. The van der Waals surface area contributed by atoms with Crippen LogP contribution in [0.5, 0.6) is 0 Å². The number of halogens is 3. The second kappa shape index (κ2) is 8.52. The normalized spacial score (nSPS) is 11.2. The van der Waals surface area contributed by atoms with Crippen LogP contribution < -0.4 is 4.98 Å². The van der Waals surface area contributed by atoms with Gasteiger partial charge < -0.3 is 9.97 Å². The number of hydrogen-bond donors (Lipinski definition) is 0. The van der Waals surface area contributed by atoms with Crippen molar-refractivity contribution in [1.29, 1.82) is 0 Å². The van der Waals surface area contributed by atoms with Gasteiger partial charge in [-0.25, -0.2) is 13.2 Å². The molecule has 0 N–H and O–H groups in total. The Morgan fingerprint density at radius 2 is 1.53 bits per heavy atom. The number of rotatable bonds is 4. The molecule has 0 aliphatic carbocycles. The van der Waals surface area contributed by atoms with Crippen LogP contribution in [0.4, 0.5) is 13.2 Å². The van der Waals surface area contributed by atoms with Crippen LogP contribution in [0.1, 0.15) is 25.2 Å². The molecule has 0 amide bonds. The standard InChI is InChI=1S/C22H15F3N4.Pt/c1-22(2,19-8-4-6-16(28-19)17-11-13(23)12-26-17)18-7-3-5-15(27-18)14-9-10-20(24)29-21(14)25;/h3-8,10-12H,1-2H3;/q-2;+2. The van der Waals surface area contributed by atoms with Gasteiger partial charge in [0.2, 0.25) is 0 Å². The van der Waals surface area contributed by atoms with Crippen molar-refractivity contribution >= 4 is 0 Å². The van der Waals surface area contributed by atoms with Gasteiger partial charge in [0.25, 0.3) is 0 Å². The Morgan fingerprint density at radius 3 is 2.13 bits per heavy atom. The molecule has 4 nitrogen and oxygen atoms in total. The first kappa shape index (κ1) is 21.9. The molecule has 0 radical (unpaired) electrons.